The van der Waals surface area contributed by atoms with Crippen molar-refractivity contribution in [3.63, 3.8) is 0 Å². The van der Waals surface area contributed by atoms with Crippen LogP contribution in [-0.2, 0) is 11.2 Å². The Morgan fingerprint density at radius 3 is 2.47 bits per heavy atom. The van der Waals surface area contributed by atoms with Crippen molar-refractivity contribution in [1.29, 1.82) is 0 Å². The lowest BCUT2D eigenvalue weighted by atomic mass is 9.82. The number of hydrogen-bond acceptors (Lipinski definition) is 2. The average Bonchev–Trinajstić information content (AvgIpc) is 2.23. The highest BCUT2D eigenvalue weighted by Gasteiger charge is 2.39. The van der Waals surface area contributed by atoms with Gasteiger partial charge in [-0.05, 0) is 44.5 Å². The summed E-state index contributed by atoms with van der Waals surface area (Å²) in [4.78, 5) is 0. The van der Waals surface area contributed by atoms with E-state index in [1.807, 2.05) is 0 Å². The Bertz CT molecular complexity index is 402. The van der Waals surface area contributed by atoms with Gasteiger partial charge in [-0.1, -0.05) is 15.9 Å². The Morgan fingerprint density at radius 1 is 1.35 bits per heavy atom. The van der Waals surface area contributed by atoms with E-state index in [-0.39, 0.29) is 5.82 Å². The van der Waals surface area contributed by atoms with Crippen LogP contribution in [0.2, 0.25) is 0 Å². The number of hydrogen-bond donors (Lipinski definition) is 1. The van der Waals surface area contributed by atoms with Crippen LogP contribution in [0.15, 0.2) is 22.7 Å². The second-order valence-electron chi connectivity index (χ2n) is 4.90. The quantitative estimate of drug-likeness (QED) is 0.925. The molecule has 1 rings (SSSR count). The fourth-order valence-electron chi connectivity index (χ4n) is 1.48. The first-order valence-electron chi connectivity index (χ1n) is 5.41. The SMILES string of the molecule is COC(C)(C)C(C)(O)Cc1cc(F)ccc1Br. The Labute approximate surface area is 110 Å². The molecule has 0 aliphatic carbocycles. The zero-order chi connectivity index (χ0) is 13.3. The number of methoxy groups -OCH3 is 1. The summed E-state index contributed by atoms with van der Waals surface area (Å²) in [5, 5.41) is 10.4. The van der Waals surface area contributed by atoms with Gasteiger partial charge in [0, 0.05) is 18.0 Å². The third-order valence-electron chi connectivity index (χ3n) is 3.35. The van der Waals surface area contributed by atoms with Gasteiger partial charge in [-0.15, -0.1) is 0 Å². The highest BCUT2D eigenvalue weighted by molar-refractivity contribution is 9.10. The van der Waals surface area contributed by atoms with Gasteiger partial charge in [0.1, 0.15) is 5.82 Å². The van der Waals surface area contributed by atoms with Crippen molar-refractivity contribution in [3.8, 4) is 0 Å². The van der Waals surface area contributed by atoms with E-state index in [1.165, 1.54) is 12.1 Å². The molecule has 0 radical (unpaired) electrons. The Kier molecular flexibility index (Phi) is 4.33. The van der Waals surface area contributed by atoms with Gasteiger partial charge in [0.15, 0.2) is 0 Å². The molecule has 0 aromatic heterocycles. The van der Waals surface area contributed by atoms with E-state index in [2.05, 4.69) is 15.9 Å². The van der Waals surface area contributed by atoms with Gasteiger partial charge in [0.05, 0.1) is 11.2 Å². The summed E-state index contributed by atoms with van der Waals surface area (Å²) in [6.45, 7) is 5.30. The standard InChI is InChI=1S/C13H18BrFO2/c1-12(2,17-4)13(3,16)8-9-7-10(15)5-6-11(9)14/h5-7,16H,8H2,1-4H3. The summed E-state index contributed by atoms with van der Waals surface area (Å²) >= 11 is 3.35. The van der Waals surface area contributed by atoms with Crippen molar-refractivity contribution in [3.05, 3.63) is 34.1 Å². The molecular weight excluding hydrogens is 287 g/mol. The predicted molar refractivity (Wildman–Crippen MR) is 69.5 cm³/mol. The lowest BCUT2D eigenvalue weighted by molar-refractivity contribution is -0.139. The number of aliphatic hydroxyl groups is 1. The number of ether oxygens (including phenoxy) is 1. The van der Waals surface area contributed by atoms with Crippen molar-refractivity contribution < 1.29 is 14.2 Å². The summed E-state index contributed by atoms with van der Waals surface area (Å²) in [7, 11) is 1.55. The molecule has 0 amide bonds. The molecule has 1 unspecified atom stereocenters. The summed E-state index contributed by atoms with van der Waals surface area (Å²) in [5.41, 5.74) is -1.07. The Hall–Kier alpha value is -0.450. The summed E-state index contributed by atoms with van der Waals surface area (Å²) in [5.74, 6) is -0.311. The molecule has 1 aromatic carbocycles. The maximum absolute atomic E-state index is 13.2. The van der Waals surface area contributed by atoms with Gasteiger partial charge in [0.25, 0.3) is 0 Å². The van der Waals surface area contributed by atoms with Crippen LogP contribution in [0.5, 0.6) is 0 Å². The molecule has 1 atom stereocenters. The molecule has 2 nitrogen and oxygen atoms in total. The minimum Gasteiger partial charge on any atom is -0.387 e. The summed E-state index contributed by atoms with van der Waals surface area (Å²) < 4.78 is 19.2. The van der Waals surface area contributed by atoms with E-state index in [4.69, 9.17) is 4.74 Å². The van der Waals surface area contributed by atoms with Crippen molar-refractivity contribution in [2.45, 2.75) is 38.4 Å². The number of halogens is 2. The highest BCUT2D eigenvalue weighted by Crippen LogP contribution is 2.31. The topological polar surface area (TPSA) is 29.5 Å². The van der Waals surface area contributed by atoms with Gasteiger partial charge in [-0.25, -0.2) is 4.39 Å². The minimum atomic E-state index is -1.09. The number of benzene rings is 1. The summed E-state index contributed by atoms with van der Waals surface area (Å²) in [6, 6.07) is 4.44. The first kappa shape index (κ1) is 14.6. The van der Waals surface area contributed by atoms with Crippen LogP contribution in [0.3, 0.4) is 0 Å². The maximum atomic E-state index is 13.2. The van der Waals surface area contributed by atoms with Crippen LogP contribution in [0.25, 0.3) is 0 Å². The fraction of sp³-hybridized carbons (Fsp3) is 0.538. The fourth-order valence-corrected chi connectivity index (χ4v) is 1.87. The van der Waals surface area contributed by atoms with E-state index < -0.39 is 11.2 Å². The molecule has 0 heterocycles. The zero-order valence-corrected chi connectivity index (χ0v) is 12.1. The van der Waals surface area contributed by atoms with Crippen molar-refractivity contribution in [2.24, 2.45) is 0 Å². The molecule has 0 fully saturated rings. The third-order valence-corrected chi connectivity index (χ3v) is 4.12. The predicted octanol–water partition coefficient (Wildman–Crippen LogP) is 3.31. The van der Waals surface area contributed by atoms with Crippen molar-refractivity contribution >= 4 is 15.9 Å². The largest absolute Gasteiger partial charge is 0.387 e. The van der Waals surface area contributed by atoms with Gasteiger partial charge in [0.2, 0.25) is 0 Å². The van der Waals surface area contributed by atoms with E-state index >= 15 is 0 Å². The lowest BCUT2D eigenvalue weighted by Gasteiger charge is -2.39. The lowest BCUT2D eigenvalue weighted by Crippen LogP contribution is -2.50. The van der Waals surface area contributed by atoms with Crippen LogP contribution in [-0.4, -0.2) is 23.4 Å². The van der Waals surface area contributed by atoms with Crippen molar-refractivity contribution in [1.82, 2.24) is 0 Å². The van der Waals surface area contributed by atoms with Crippen LogP contribution >= 0.6 is 15.9 Å². The smallest absolute Gasteiger partial charge is 0.123 e. The summed E-state index contributed by atoms with van der Waals surface area (Å²) in [6.07, 6.45) is 0.312. The van der Waals surface area contributed by atoms with Crippen LogP contribution in [0.1, 0.15) is 26.3 Å². The van der Waals surface area contributed by atoms with E-state index in [0.717, 1.165) is 10.0 Å². The molecule has 0 aliphatic rings. The zero-order valence-electron chi connectivity index (χ0n) is 10.6. The average molecular weight is 305 g/mol. The van der Waals surface area contributed by atoms with E-state index in [9.17, 15) is 9.50 Å². The monoisotopic (exact) mass is 304 g/mol. The molecule has 17 heavy (non-hydrogen) atoms. The minimum absolute atomic E-state index is 0.311. The second-order valence-corrected chi connectivity index (χ2v) is 5.76. The van der Waals surface area contributed by atoms with Crippen LogP contribution < -0.4 is 0 Å². The maximum Gasteiger partial charge on any atom is 0.123 e. The first-order valence-corrected chi connectivity index (χ1v) is 6.20. The molecule has 0 saturated carbocycles. The molecule has 4 heteroatoms. The highest BCUT2D eigenvalue weighted by atomic mass is 79.9. The molecule has 0 bridgehead atoms. The van der Waals surface area contributed by atoms with Gasteiger partial charge in [-0.3, -0.25) is 0 Å². The molecule has 0 aliphatic heterocycles. The van der Waals surface area contributed by atoms with Crippen LogP contribution in [0.4, 0.5) is 4.39 Å². The molecular formula is C13H18BrFO2. The molecule has 1 aromatic rings. The van der Waals surface area contributed by atoms with Gasteiger partial charge < -0.3 is 9.84 Å². The van der Waals surface area contributed by atoms with Crippen LogP contribution in [0, 0.1) is 5.82 Å². The Morgan fingerprint density at radius 2 is 1.94 bits per heavy atom. The normalized spacial score (nSPS) is 15.7. The van der Waals surface area contributed by atoms with E-state index in [0.29, 0.717) is 6.42 Å². The first-order chi connectivity index (χ1) is 7.69. The van der Waals surface area contributed by atoms with Crippen molar-refractivity contribution in [2.75, 3.05) is 7.11 Å². The van der Waals surface area contributed by atoms with E-state index in [1.54, 1.807) is 33.9 Å². The molecule has 1 N–H and O–H groups in total. The molecule has 0 saturated heterocycles. The number of rotatable bonds is 4. The second kappa shape index (κ2) is 5.04. The van der Waals surface area contributed by atoms with Gasteiger partial charge in [-0.2, -0.15) is 0 Å². The third kappa shape index (κ3) is 3.27. The molecule has 96 valence electrons. The van der Waals surface area contributed by atoms with Gasteiger partial charge >= 0.3 is 0 Å². The Balaban J connectivity index is 3.01. The molecule has 0 spiro atoms.